The Hall–Kier alpha value is -0.620. The van der Waals surface area contributed by atoms with E-state index in [1.165, 1.54) is 0 Å². The van der Waals surface area contributed by atoms with E-state index in [-0.39, 0.29) is 6.04 Å². The van der Waals surface area contributed by atoms with Crippen LogP contribution in [0.4, 0.5) is 0 Å². The lowest BCUT2D eigenvalue weighted by Crippen LogP contribution is -2.28. The van der Waals surface area contributed by atoms with E-state index >= 15 is 0 Å². The normalized spacial score (nSPS) is 13.0. The monoisotopic (exact) mass is 272 g/mol. The van der Waals surface area contributed by atoms with E-state index in [9.17, 15) is 0 Å². The van der Waals surface area contributed by atoms with Crippen molar-refractivity contribution in [2.45, 2.75) is 6.04 Å². The number of halogens is 1. The largest absolute Gasteiger partial charge is 0.452 e. The Labute approximate surface area is 94.0 Å². The van der Waals surface area contributed by atoms with E-state index < -0.39 is 0 Å². The molecule has 0 spiro atoms. The summed E-state index contributed by atoms with van der Waals surface area (Å²) < 4.78 is 6.15. The second kappa shape index (κ2) is 4.27. The molecule has 0 radical (unpaired) electrons. The summed E-state index contributed by atoms with van der Waals surface area (Å²) in [5.74, 6) is 6.29. The van der Waals surface area contributed by atoms with Gasteiger partial charge in [-0.1, -0.05) is 0 Å². The Morgan fingerprint density at radius 2 is 2.29 bits per heavy atom. The number of nitrogens with two attached hydrogens (primary N) is 1. The Balaban J connectivity index is 2.31. The highest BCUT2D eigenvalue weighted by molar-refractivity contribution is 9.10. The number of furan rings is 1. The van der Waals surface area contributed by atoms with Crippen LogP contribution in [0.3, 0.4) is 0 Å². The van der Waals surface area contributed by atoms with E-state index in [1.54, 1.807) is 11.3 Å². The SMILES string of the molecule is NNC(c1ccsc1)c1ccc(Br)o1. The van der Waals surface area contributed by atoms with Crippen molar-refractivity contribution < 1.29 is 4.42 Å². The molecule has 0 fully saturated rings. The lowest BCUT2D eigenvalue weighted by Gasteiger charge is -2.10. The first-order chi connectivity index (χ1) is 6.81. The van der Waals surface area contributed by atoms with Crippen LogP contribution in [-0.2, 0) is 0 Å². The third kappa shape index (κ3) is 1.90. The van der Waals surface area contributed by atoms with Crippen LogP contribution >= 0.6 is 27.3 Å². The third-order valence-corrected chi connectivity index (χ3v) is 3.05. The molecule has 3 N–H and O–H groups in total. The molecule has 1 unspecified atom stereocenters. The fourth-order valence-electron chi connectivity index (χ4n) is 1.27. The van der Waals surface area contributed by atoms with Crippen molar-refractivity contribution in [1.29, 1.82) is 0 Å². The number of nitrogens with one attached hydrogen (secondary N) is 1. The quantitative estimate of drug-likeness (QED) is 0.667. The van der Waals surface area contributed by atoms with Crippen LogP contribution in [0.5, 0.6) is 0 Å². The molecule has 0 aliphatic heterocycles. The van der Waals surface area contributed by atoms with Gasteiger partial charge in [-0.05, 0) is 50.5 Å². The lowest BCUT2D eigenvalue weighted by molar-refractivity contribution is 0.438. The first-order valence-corrected chi connectivity index (χ1v) is 5.78. The standard InChI is InChI=1S/C9H9BrN2OS/c10-8-2-1-7(13-8)9(12-11)6-3-4-14-5-6/h1-5,9,12H,11H2. The molecule has 0 saturated carbocycles. The Bertz CT molecular complexity index is 399. The van der Waals surface area contributed by atoms with E-state index in [1.807, 2.05) is 29.0 Å². The molecular weight excluding hydrogens is 264 g/mol. The summed E-state index contributed by atoms with van der Waals surface area (Å²) in [6, 6.07) is 5.69. The predicted molar refractivity (Wildman–Crippen MR) is 59.9 cm³/mol. The lowest BCUT2D eigenvalue weighted by atomic mass is 10.1. The average molecular weight is 273 g/mol. The molecule has 0 aliphatic carbocycles. The van der Waals surface area contributed by atoms with Crippen molar-refractivity contribution in [2.24, 2.45) is 5.84 Å². The molecule has 0 aromatic carbocycles. The maximum absolute atomic E-state index is 5.48. The molecule has 0 aliphatic rings. The zero-order chi connectivity index (χ0) is 9.97. The highest BCUT2D eigenvalue weighted by Gasteiger charge is 2.16. The predicted octanol–water partition coefficient (Wildman–Crippen LogP) is 2.66. The molecule has 3 nitrogen and oxygen atoms in total. The third-order valence-electron chi connectivity index (χ3n) is 1.92. The van der Waals surface area contributed by atoms with Gasteiger partial charge in [0.25, 0.3) is 0 Å². The van der Waals surface area contributed by atoms with Crippen LogP contribution in [0.1, 0.15) is 17.4 Å². The molecule has 2 aromatic heterocycles. The van der Waals surface area contributed by atoms with Crippen LogP contribution in [0, 0.1) is 0 Å². The molecule has 0 amide bonds. The van der Waals surface area contributed by atoms with Crippen molar-refractivity contribution in [2.75, 3.05) is 0 Å². The summed E-state index contributed by atoms with van der Waals surface area (Å²) in [5.41, 5.74) is 3.84. The van der Waals surface area contributed by atoms with Gasteiger partial charge in [-0.3, -0.25) is 5.84 Å². The molecule has 5 heteroatoms. The zero-order valence-corrected chi connectivity index (χ0v) is 9.64. The summed E-state index contributed by atoms with van der Waals surface area (Å²) in [5, 5.41) is 4.05. The van der Waals surface area contributed by atoms with Gasteiger partial charge in [-0.25, -0.2) is 5.43 Å². The number of thiophene rings is 1. The van der Waals surface area contributed by atoms with Crippen LogP contribution in [0.2, 0.25) is 0 Å². The van der Waals surface area contributed by atoms with Crippen molar-refractivity contribution in [3.8, 4) is 0 Å². The van der Waals surface area contributed by atoms with Crippen LogP contribution in [0.25, 0.3) is 0 Å². The van der Waals surface area contributed by atoms with Gasteiger partial charge in [0.1, 0.15) is 11.8 Å². The first-order valence-electron chi connectivity index (χ1n) is 4.04. The summed E-state index contributed by atoms with van der Waals surface area (Å²) in [4.78, 5) is 0. The molecular formula is C9H9BrN2OS. The topological polar surface area (TPSA) is 51.2 Å². The minimum atomic E-state index is -0.0763. The number of hydrogen-bond donors (Lipinski definition) is 2. The van der Waals surface area contributed by atoms with Gasteiger partial charge in [0.2, 0.25) is 0 Å². The number of hydrazine groups is 1. The summed E-state index contributed by atoms with van der Waals surface area (Å²) >= 11 is 4.90. The zero-order valence-electron chi connectivity index (χ0n) is 7.24. The molecule has 14 heavy (non-hydrogen) atoms. The average Bonchev–Trinajstić information content (AvgIpc) is 2.79. The van der Waals surface area contributed by atoms with Crippen molar-refractivity contribution in [3.63, 3.8) is 0 Å². The fraction of sp³-hybridized carbons (Fsp3) is 0.111. The second-order valence-electron chi connectivity index (χ2n) is 2.80. The molecule has 2 aromatic rings. The minimum Gasteiger partial charge on any atom is -0.452 e. The summed E-state index contributed by atoms with van der Waals surface area (Å²) in [6.07, 6.45) is 0. The van der Waals surface area contributed by atoms with Crippen LogP contribution in [0.15, 0.2) is 38.0 Å². The summed E-state index contributed by atoms with van der Waals surface area (Å²) in [6.45, 7) is 0. The maximum atomic E-state index is 5.48. The Morgan fingerprint density at radius 3 is 2.79 bits per heavy atom. The van der Waals surface area contributed by atoms with Gasteiger partial charge >= 0.3 is 0 Å². The number of rotatable bonds is 3. The molecule has 0 saturated heterocycles. The van der Waals surface area contributed by atoms with Crippen molar-refractivity contribution in [3.05, 3.63) is 45.0 Å². The smallest absolute Gasteiger partial charge is 0.169 e. The highest BCUT2D eigenvalue weighted by Crippen LogP contribution is 2.26. The highest BCUT2D eigenvalue weighted by atomic mass is 79.9. The molecule has 1 atom stereocenters. The Kier molecular flexibility index (Phi) is 3.02. The van der Waals surface area contributed by atoms with Gasteiger partial charge in [0.05, 0.1) is 0 Å². The van der Waals surface area contributed by atoms with Gasteiger partial charge in [0, 0.05) is 0 Å². The molecule has 2 heterocycles. The number of hydrogen-bond acceptors (Lipinski definition) is 4. The van der Waals surface area contributed by atoms with E-state index in [0.717, 1.165) is 11.3 Å². The van der Waals surface area contributed by atoms with E-state index in [2.05, 4.69) is 21.4 Å². The van der Waals surface area contributed by atoms with E-state index in [4.69, 9.17) is 10.3 Å². The van der Waals surface area contributed by atoms with E-state index in [0.29, 0.717) is 4.67 Å². The van der Waals surface area contributed by atoms with Gasteiger partial charge in [0.15, 0.2) is 4.67 Å². The first kappa shape index (κ1) is 9.92. The molecule has 74 valence electrons. The van der Waals surface area contributed by atoms with Crippen molar-refractivity contribution in [1.82, 2.24) is 5.43 Å². The minimum absolute atomic E-state index is 0.0763. The molecule has 0 bridgehead atoms. The van der Waals surface area contributed by atoms with Gasteiger partial charge in [-0.2, -0.15) is 11.3 Å². The molecule has 2 rings (SSSR count). The second-order valence-corrected chi connectivity index (χ2v) is 4.36. The van der Waals surface area contributed by atoms with Crippen LogP contribution < -0.4 is 11.3 Å². The van der Waals surface area contributed by atoms with Crippen LogP contribution in [-0.4, -0.2) is 0 Å². The van der Waals surface area contributed by atoms with Gasteiger partial charge in [-0.15, -0.1) is 0 Å². The summed E-state index contributed by atoms with van der Waals surface area (Å²) in [7, 11) is 0. The maximum Gasteiger partial charge on any atom is 0.169 e. The Morgan fingerprint density at radius 1 is 1.43 bits per heavy atom. The van der Waals surface area contributed by atoms with Gasteiger partial charge < -0.3 is 4.42 Å². The van der Waals surface area contributed by atoms with Crippen molar-refractivity contribution >= 4 is 27.3 Å². The fourth-order valence-corrected chi connectivity index (χ4v) is 2.27.